The van der Waals surface area contributed by atoms with Crippen molar-refractivity contribution in [3.63, 3.8) is 0 Å². The van der Waals surface area contributed by atoms with Crippen LogP contribution in [0.3, 0.4) is 0 Å². The maximum Gasteiger partial charge on any atom is 0.525 e. The molecule has 4 nitrogen and oxygen atoms in total. The van der Waals surface area contributed by atoms with E-state index in [1.807, 2.05) is 0 Å². The fourth-order valence-electron chi connectivity index (χ4n) is 5.23. The molecule has 0 aliphatic heterocycles. The molecule has 0 N–H and O–H groups in total. The second-order valence-electron chi connectivity index (χ2n) is 8.86. The Hall–Kier alpha value is -5.58. The molecule has 0 aromatic heterocycles. The molecule has 2 aliphatic carbocycles. The van der Waals surface area contributed by atoms with Gasteiger partial charge in [-0.1, -0.05) is 0 Å². The molecule has 0 heterocycles. The van der Waals surface area contributed by atoms with Gasteiger partial charge in [0.2, 0.25) is 0 Å². The van der Waals surface area contributed by atoms with Crippen molar-refractivity contribution in [2.24, 2.45) is 0 Å². The Morgan fingerprint density at radius 3 is 1.38 bits per heavy atom. The molecule has 192 valence electrons. The third-order valence-electron chi connectivity index (χ3n) is 6.69. The van der Waals surface area contributed by atoms with Gasteiger partial charge in [0.05, 0.1) is 5.57 Å². The molecule has 0 atom stereocenters. The van der Waals surface area contributed by atoms with E-state index in [9.17, 15) is 28.1 Å². The number of benzene rings is 3. The molecule has 0 saturated heterocycles. The number of hydrogen-bond donors (Lipinski definition) is 0. The summed E-state index contributed by atoms with van der Waals surface area (Å²) in [6, 6.07) is 7.78. The highest BCUT2D eigenvalue weighted by molar-refractivity contribution is 5.90. The van der Waals surface area contributed by atoms with Crippen molar-refractivity contribution in [2.45, 2.75) is 12.8 Å². The van der Waals surface area contributed by atoms with Crippen LogP contribution < -0.4 is 10.4 Å². The van der Waals surface area contributed by atoms with Crippen LogP contribution in [0.2, 0.25) is 0 Å². The molecule has 5 rings (SSSR count). The average Bonchev–Trinajstić information content (AvgIpc) is 3.40. The van der Waals surface area contributed by atoms with Crippen LogP contribution in [0.4, 0.5) is 26.3 Å². The van der Waals surface area contributed by atoms with Gasteiger partial charge in [0.1, 0.15) is 65.8 Å². The van der Waals surface area contributed by atoms with Crippen molar-refractivity contribution in [1.29, 1.82) is 10.5 Å². The van der Waals surface area contributed by atoms with Crippen molar-refractivity contribution in [3.05, 3.63) is 127 Å². The van der Waals surface area contributed by atoms with Crippen LogP contribution in [0.1, 0.15) is 11.1 Å². The van der Waals surface area contributed by atoms with Gasteiger partial charge in [-0.15, -0.1) is 0 Å². The van der Waals surface area contributed by atoms with Crippen LogP contribution in [0.5, 0.6) is 0 Å². The maximum atomic E-state index is 16.2. The van der Waals surface area contributed by atoms with Gasteiger partial charge in [-0.3, -0.25) is 0 Å². The lowest BCUT2D eigenvalue weighted by atomic mass is 9.87. The highest BCUT2D eigenvalue weighted by atomic mass is 19.2. The van der Waals surface area contributed by atoms with E-state index >= 15 is 8.78 Å². The quantitative estimate of drug-likeness (QED) is 0.220. The van der Waals surface area contributed by atoms with Crippen molar-refractivity contribution >= 4 is 11.7 Å². The van der Waals surface area contributed by atoms with Crippen LogP contribution in [-0.2, 0) is 12.8 Å². The zero-order valence-corrected chi connectivity index (χ0v) is 19.9. The molecule has 40 heavy (non-hydrogen) atoms. The second-order valence-corrected chi connectivity index (χ2v) is 8.86. The fraction of sp³-hybridized carbons (Fsp3) is 0.0667. The highest BCUT2D eigenvalue weighted by Crippen LogP contribution is 2.40. The van der Waals surface area contributed by atoms with Crippen molar-refractivity contribution in [2.75, 3.05) is 0 Å². The predicted octanol–water partition coefficient (Wildman–Crippen LogP) is 6.24. The molecule has 3 aromatic carbocycles. The van der Waals surface area contributed by atoms with Gasteiger partial charge in [-0.2, -0.15) is 20.2 Å². The maximum absolute atomic E-state index is 16.2. The lowest BCUT2D eigenvalue weighted by Crippen LogP contribution is -2.24. The van der Waals surface area contributed by atoms with E-state index in [-0.39, 0.29) is 55.0 Å². The Balaban J connectivity index is 2.11. The highest BCUT2D eigenvalue weighted by Gasteiger charge is 2.36. The monoisotopic (exact) mass is 540 g/mol. The lowest BCUT2D eigenvalue weighted by molar-refractivity contribution is 0.583. The number of hydrogen-bond acceptors (Lipinski definition) is 2. The topological polar surface area (TPSA) is 56.3 Å². The molecular formula is C30H10F6N4. The van der Waals surface area contributed by atoms with Gasteiger partial charge in [0, 0.05) is 41.0 Å². The van der Waals surface area contributed by atoms with E-state index in [0.717, 1.165) is 24.3 Å². The standard InChI is InChI=1S/C30H10F6N4/c1-39-30(40-2)23-10-22-25(14-5-18(33)8-19(34)6-14)26-21(9-20(28(26)35)15(11-37)12-38)24(27(22)29(23)36)13-3-16(31)7-17(32)4-13/h3-8H,9-10H2. The first-order valence-corrected chi connectivity index (χ1v) is 11.4. The SMILES string of the molecule is [C-]#[N+]C([N+]#[C-])=C1Cc2c(-c3cc(F)cc(F)c3)c3c(c(-c4cc(F)cc(F)c4)c2=C1F)CC(=C(C#N)C#N)C=3F. The van der Waals surface area contributed by atoms with Crippen molar-refractivity contribution in [3.8, 4) is 34.4 Å². The van der Waals surface area contributed by atoms with Crippen LogP contribution in [0, 0.1) is 59.1 Å². The molecule has 0 saturated carbocycles. The summed E-state index contributed by atoms with van der Waals surface area (Å²) in [5.41, 5.74) is -2.43. The van der Waals surface area contributed by atoms with Gasteiger partial charge in [-0.05, 0) is 57.6 Å². The van der Waals surface area contributed by atoms with Crippen molar-refractivity contribution in [1.82, 2.24) is 0 Å². The largest absolute Gasteiger partial charge is 0.525 e. The predicted molar refractivity (Wildman–Crippen MR) is 131 cm³/mol. The summed E-state index contributed by atoms with van der Waals surface area (Å²) in [5, 5.41) is 18.2. The Kier molecular flexibility index (Phi) is 6.26. The molecule has 3 aromatic rings. The summed E-state index contributed by atoms with van der Waals surface area (Å²) in [7, 11) is 0. The minimum absolute atomic E-state index is 0.0902. The van der Waals surface area contributed by atoms with Gasteiger partial charge in [0.25, 0.3) is 0 Å². The van der Waals surface area contributed by atoms with Gasteiger partial charge in [0.15, 0.2) is 0 Å². The first-order valence-electron chi connectivity index (χ1n) is 11.4. The number of fused-ring (bicyclic) bond motifs is 2. The lowest BCUT2D eigenvalue weighted by Gasteiger charge is -2.16. The second kappa shape index (κ2) is 9.62. The Bertz CT molecular complexity index is 1840. The van der Waals surface area contributed by atoms with Gasteiger partial charge >= 0.3 is 5.82 Å². The van der Waals surface area contributed by atoms with E-state index in [0.29, 0.717) is 12.1 Å². The molecule has 0 amide bonds. The number of nitrogens with zero attached hydrogens (tertiary/aromatic N) is 4. The normalized spacial score (nSPS) is 13.2. The van der Waals surface area contributed by atoms with Crippen LogP contribution in [0.25, 0.3) is 43.6 Å². The summed E-state index contributed by atoms with van der Waals surface area (Å²) in [4.78, 5) is 6.10. The third kappa shape index (κ3) is 3.91. The first kappa shape index (κ1) is 26.0. The molecule has 0 fully saturated rings. The Morgan fingerprint density at radius 2 is 1.00 bits per heavy atom. The summed E-state index contributed by atoms with van der Waals surface area (Å²) in [6.45, 7) is 14.6. The fourth-order valence-corrected chi connectivity index (χ4v) is 5.23. The number of halogens is 6. The minimum atomic E-state index is -1.11. The van der Waals surface area contributed by atoms with E-state index < -0.39 is 59.2 Å². The minimum Gasteiger partial charge on any atom is -0.207 e. The Labute approximate surface area is 222 Å². The van der Waals surface area contributed by atoms with Crippen LogP contribution in [0.15, 0.2) is 58.9 Å². The molecule has 0 bridgehead atoms. The Morgan fingerprint density at radius 1 is 0.625 bits per heavy atom. The molecule has 10 heteroatoms. The first-order chi connectivity index (χ1) is 19.1. The average molecular weight is 540 g/mol. The molecule has 0 spiro atoms. The molecule has 0 unspecified atom stereocenters. The molecule has 0 radical (unpaired) electrons. The molecular weight excluding hydrogens is 530 g/mol. The summed E-state index contributed by atoms with van der Waals surface area (Å²) >= 11 is 0. The third-order valence-corrected chi connectivity index (χ3v) is 6.69. The zero-order chi connectivity index (χ0) is 28.9. The van der Waals surface area contributed by atoms with Crippen LogP contribution in [-0.4, -0.2) is 0 Å². The summed E-state index contributed by atoms with van der Waals surface area (Å²) < 4.78 is 89.8. The van der Waals surface area contributed by atoms with E-state index in [1.165, 1.54) is 0 Å². The summed E-state index contributed by atoms with van der Waals surface area (Å²) in [5.74, 6) is -7.03. The number of nitriles is 2. The van der Waals surface area contributed by atoms with Gasteiger partial charge < -0.3 is 0 Å². The van der Waals surface area contributed by atoms with Crippen LogP contribution >= 0.6 is 0 Å². The summed E-state index contributed by atoms with van der Waals surface area (Å²) in [6.07, 6.45) is -0.976. The van der Waals surface area contributed by atoms with E-state index in [4.69, 9.17) is 13.1 Å². The number of allylic oxidation sites excluding steroid dienone is 3. The van der Waals surface area contributed by atoms with E-state index in [1.54, 1.807) is 12.1 Å². The molecule has 2 aliphatic rings. The van der Waals surface area contributed by atoms with Crippen molar-refractivity contribution < 1.29 is 26.3 Å². The zero-order valence-electron chi connectivity index (χ0n) is 19.9. The van der Waals surface area contributed by atoms with Gasteiger partial charge in [-0.25, -0.2) is 26.3 Å². The number of rotatable bonds is 2. The van der Waals surface area contributed by atoms with E-state index in [2.05, 4.69) is 9.69 Å². The smallest absolute Gasteiger partial charge is 0.207 e.